The number of fused-ring (bicyclic) bond motifs is 1. The van der Waals surface area contributed by atoms with Gasteiger partial charge in [-0.15, -0.1) is 0 Å². The highest BCUT2D eigenvalue weighted by Crippen LogP contribution is 2.30. The molecule has 1 N–H and O–H groups in total. The topological polar surface area (TPSA) is 77.6 Å². The van der Waals surface area contributed by atoms with Gasteiger partial charge >= 0.3 is 0 Å². The summed E-state index contributed by atoms with van der Waals surface area (Å²) in [6.45, 7) is 6.47. The van der Waals surface area contributed by atoms with E-state index in [1.54, 1.807) is 23.0 Å². The van der Waals surface area contributed by atoms with Gasteiger partial charge in [0.1, 0.15) is 12.4 Å². The molecule has 0 saturated heterocycles. The third-order valence-electron chi connectivity index (χ3n) is 6.09. The average Bonchev–Trinajstić information content (AvgIpc) is 3.30. The van der Waals surface area contributed by atoms with E-state index in [9.17, 15) is 9.18 Å². The number of hydrogen-bond acceptors (Lipinski definition) is 4. The molecule has 2 aromatic carbocycles. The van der Waals surface area contributed by atoms with E-state index < -0.39 is 0 Å². The van der Waals surface area contributed by atoms with E-state index in [0.29, 0.717) is 17.9 Å². The highest BCUT2D eigenvalue weighted by Gasteiger charge is 2.16. The molecule has 0 fully saturated rings. The zero-order valence-electron chi connectivity index (χ0n) is 20.1. The average molecular weight is 547 g/mol. The SMILES string of the molecule is Cc1nn(Cc2cccc(NC(=O)Cn3nc(C)c4c(-c5ccc(F)cc5)ccnc43)c2)c(C)c1Br. The van der Waals surface area contributed by atoms with Gasteiger partial charge in [0.05, 0.1) is 28.1 Å². The summed E-state index contributed by atoms with van der Waals surface area (Å²) in [4.78, 5) is 17.4. The van der Waals surface area contributed by atoms with E-state index in [-0.39, 0.29) is 18.3 Å². The van der Waals surface area contributed by atoms with Gasteiger partial charge in [0.25, 0.3) is 0 Å². The summed E-state index contributed by atoms with van der Waals surface area (Å²) >= 11 is 3.56. The molecule has 0 aliphatic rings. The lowest BCUT2D eigenvalue weighted by atomic mass is 10.0. The molecule has 3 heterocycles. The van der Waals surface area contributed by atoms with Gasteiger partial charge in [0, 0.05) is 17.3 Å². The third kappa shape index (κ3) is 4.66. The normalized spacial score (nSPS) is 11.2. The van der Waals surface area contributed by atoms with Crippen molar-refractivity contribution >= 4 is 38.6 Å². The van der Waals surface area contributed by atoms with Crippen LogP contribution < -0.4 is 5.32 Å². The monoisotopic (exact) mass is 546 g/mol. The smallest absolute Gasteiger partial charge is 0.246 e. The van der Waals surface area contributed by atoms with Crippen LogP contribution in [0.1, 0.15) is 22.6 Å². The van der Waals surface area contributed by atoms with Crippen LogP contribution in [0.4, 0.5) is 10.1 Å². The first-order chi connectivity index (χ1) is 17.3. The summed E-state index contributed by atoms with van der Waals surface area (Å²) in [7, 11) is 0. The van der Waals surface area contributed by atoms with Crippen molar-refractivity contribution in [2.45, 2.75) is 33.9 Å². The van der Waals surface area contributed by atoms with Crippen LogP contribution >= 0.6 is 15.9 Å². The van der Waals surface area contributed by atoms with E-state index >= 15 is 0 Å². The molecule has 0 aliphatic carbocycles. The number of rotatable bonds is 6. The van der Waals surface area contributed by atoms with Crippen LogP contribution in [0.15, 0.2) is 65.3 Å². The lowest BCUT2D eigenvalue weighted by Crippen LogP contribution is -2.20. The number of nitrogens with one attached hydrogen (secondary N) is 1. The minimum Gasteiger partial charge on any atom is -0.324 e. The van der Waals surface area contributed by atoms with Gasteiger partial charge in [-0.1, -0.05) is 24.3 Å². The van der Waals surface area contributed by atoms with Crippen molar-refractivity contribution in [3.8, 4) is 11.1 Å². The second-order valence-corrected chi connectivity index (χ2v) is 9.49. The first-order valence-corrected chi connectivity index (χ1v) is 12.3. The number of aromatic nitrogens is 5. The molecule has 0 saturated carbocycles. The van der Waals surface area contributed by atoms with E-state index in [1.165, 1.54) is 12.1 Å². The van der Waals surface area contributed by atoms with Crippen molar-refractivity contribution in [3.05, 3.63) is 93.7 Å². The zero-order valence-corrected chi connectivity index (χ0v) is 21.7. The van der Waals surface area contributed by atoms with Crippen LogP contribution in [0.25, 0.3) is 22.2 Å². The lowest BCUT2D eigenvalue weighted by Gasteiger charge is -2.09. The standard InChI is InChI=1S/C27H24BrFN6O/c1-16-25-23(20-7-9-21(29)10-8-20)11-12-30-27(25)35(32-16)15-24(36)31-22-6-4-5-19(13-22)14-34-18(3)26(28)17(2)33-34/h4-13H,14-15H2,1-3H3,(H,31,36). The summed E-state index contributed by atoms with van der Waals surface area (Å²) in [5.41, 5.74) is 6.83. The largest absolute Gasteiger partial charge is 0.324 e. The van der Waals surface area contributed by atoms with Crippen LogP contribution in [-0.2, 0) is 17.9 Å². The second kappa shape index (κ2) is 9.66. The van der Waals surface area contributed by atoms with Gasteiger partial charge in [-0.05, 0) is 83.7 Å². The minimum absolute atomic E-state index is 0.0127. The van der Waals surface area contributed by atoms with Crippen molar-refractivity contribution in [1.82, 2.24) is 24.5 Å². The molecule has 9 heteroatoms. The summed E-state index contributed by atoms with van der Waals surface area (Å²) in [5.74, 6) is -0.501. The van der Waals surface area contributed by atoms with E-state index in [0.717, 1.165) is 43.6 Å². The molecule has 0 atom stereocenters. The predicted molar refractivity (Wildman–Crippen MR) is 141 cm³/mol. The number of pyridine rings is 1. The summed E-state index contributed by atoms with van der Waals surface area (Å²) < 4.78 is 18.0. The minimum atomic E-state index is -0.292. The molecular weight excluding hydrogens is 523 g/mol. The third-order valence-corrected chi connectivity index (χ3v) is 7.24. The molecular formula is C27H24BrFN6O. The van der Waals surface area contributed by atoms with E-state index in [2.05, 4.69) is 36.4 Å². The quantitative estimate of drug-likeness (QED) is 0.291. The van der Waals surface area contributed by atoms with Gasteiger partial charge in [-0.3, -0.25) is 9.48 Å². The summed E-state index contributed by atoms with van der Waals surface area (Å²) in [6, 6.07) is 15.9. The molecule has 3 aromatic heterocycles. The van der Waals surface area contributed by atoms with Crippen molar-refractivity contribution < 1.29 is 9.18 Å². The van der Waals surface area contributed by atoms with E-state index in [4.69, 9.17) is 0 Å². The Bertz CT molecular complexity index is 1590. The Balaban J connectivity index is 1.35. The molecule has 5 rings (SSSR count). The lowest BCUT2D eigenvalue weighted by molar-refractivity contribution is -0.116. The number of carbonyl (C=O) groups excluding carboxylic acids is 1. The Morgan fingerprint density at radius 1 is 1.00 bits per heavy atom. The maximum absolute atomic E-state index is 13.4. The Morgan fingerprint density at radius 2 is 1.75 bits per heavy atom. The fourth-order valence-electron chi connectivity index (χ4n) is 4.35. The highest BCUT2D eigenvalue weighted by molar-refractivity contribution is 9.10. The van der Waals surface area contributed by atoms with Gasteiger partial charge in [-0.25, -0.2) is 14.1 Å². The van der Waals surface area contributed by atoms with Crippen molar-refractivity contribution in [3.63, 3.8) is 0 Å². The molecule has 7 nitrogen and oxygen atoms in total. The Kier molecular flexibility index (Phi) is 6.40. The molecule has 0 unspecified atom stereocenters. The highest BCUT2D eigenvalue weighted by atomic mass is 79.9. The van der Waals surface area contributed by atoms with Crippen molar-refractivity contribution in [2.24, 2.45) is 0 Å². The Hall–Kier alpha value is -3.85. The van der Waals surface area contributed by atoms with Gasteiger partial charge in [0.2, 0.25) is 5.91 Å². The van der Waals surface area contributed by atoms with Crippen LogP contribution in [0.3, 0.4) is 0 Å². The van der Waals surface area contributed by atoms with Crippen molar-refractivity contribution in [2.75, 3.05) is 5.32 Å². The first kappa shape index (κ1) is 23.9. The maximum atomic E-state index is 13.4. The molecule has 0 spiro atoms. The number of hydrogen-bond donors (Lipinski definition) is 1. The van der Waals surface area contributed by atoms with Crippen LogP contribution in [0, 0.1) is 26.6 Å². The van der Waals surface area contributed by atoms with Crippen LogP contribution in [0.2, 0.25) is 0 Å². The molecule has 182 valence electrons. The van der Waals surface area contributed by atoms with Gasteiger partial charge < -0.3 is 5.32 Å². The number of benzene rings is 2. The van der Waals surface area contributed by atoms with Gasteiger partial charge in [-0.2, -0.15) is 10.2 Å². The molecule has 5 aromatic rings. The Labute approximate surface area is 216 Å². The predicted octanol–water partition coefficient (Wildman–Crippen LogP) is 5.81. The number of halogens is 2. The molecule has 0 radical (unpaired) electrons. The first-order valence-electron chi connectivity index (χ1n) is 11.5. The zero-order chi connectivity index (χ0) is 25.4. The number of amides is 1. The number of anilines is 1. The molecule has 1 amide bonds. The number of nitrogens with zero attached hydrogens (tertiary/aromatic N) is 5. The van der Waals surface area contributed by atoms with Crippen LogP contribution in [-0.4, -0.2) is 30.5 Å². The van der Waals surface area contributed by atoms with Gasteiger partial charge in [0.15, 0.2) is 5.65 Å². The fraction of sp³-hybridized carbons (Fsp3) is 0.185. The molecule has 0 bridgehead atoms. The summed E-state index contributed by atoms with van der Waals surface area (Å²) in [6.07, 6.45) is 1.68. The van der Waals surface area contributed by atoms with E-state index in [1.807, 2.05) is 55.8 Å². The summed E-state index contributed by atoms with van der Waals surface area (Å²) in [5, 5.41) is 12.9. The maximum Gasteiger partial charge on any atom is 0.246 e. The fourth-order valence-corrected chi connectivity index (χ4v) is 4.63. The Morgan fingerprint density at radius 3 is 2.47 bits per heavy atom. The molecule has 36 heavy (non-hydrogen) atoms. The number of carbonyl (C=O) groups is 1. The second-order valence-electron chi connectivity index (χ2n) is 8.70. The number of aryl methyl sites for hydroxylation is 2. The molecule has 0 aliphatic heterocycles. The van der Waals surface area contributed by atoms with Crippen molar-refractivity contribution in [1.29, 1.82) is 0 Å². The van der Waals surface area contributed by atoms with Crippen LogP contribution in [0.5, 0.6) is 0 Å².